The molecule has 1 aliphatic heterocycles. The highest BCUT2D eigenvalue weighted by Gasteiger charge is 2.35. The SMILES string of the molecule is CCN(CC)C(=O)CN1CCN(c2nc(N(C)C)cc(C(F)(F)F)n2)CC1. The molecule has 0 unspecified atom stereocenters. The maximum Gasteiger partial charge on any atom is 0.433 e. The van der Waals surface area contributed by atoms with E-state index in [1.165, 1.54) is 4.90 Å². The van der Waals surface area contributed by atoms with Crippen molar-refractivity contribution < 1.29 is 18.0 Å². The molecule has 0 bridgehead atoms. The molecule has 0 saturated carbocycles. The van der Waals surface area contributed by atoms with E-state index in [0.717, 1.165) is 6.07 Å². The number of halogens is 3. The van der Waals surface area contributed by atoms with Gasteiger partial charge in [-0.05, 0) is 13.8 Å². The Hall–Kier alpha value is -2.10. The van der Waals surface area contributed by atoms with Crippen LogP contribution in [0.15, 0.2) is 6.07 Å². The topological polar surface area (TPSA) is 55.8 Å². The van der Waals surface area contributed by atoms with E-state index in [4.69, 9.17) is 0 Å². The van der Waals surface area contributed by atoms with Crippen LogP contribution in [0, 0.1) is 0 Å². The number of nitrogens with zero attached hydrogens (tertiary/aromatic N) is 6. The molecular weight excluding hydrogens is 361 g/mol. The maximum absolute atomic E-state index is 13.1. The molecular formula is C17H27F3N6O. The Kier molecular flexibility index (Phi) is 6.85. The quantitative estimate of drug-likeness (QED) is 0.737. The molecule has 1 saturated heterocycles. The first-order valence-corrected chi connectivity index (χ1v) is 9.04. The normalized spacial score (nSPS) is 15.7. The molecule has 1 amide bonds. The van der Waals surface area contributed by atoms with Crippen LogP contribution in [0.1, 0.15) is 19.5 Å². The first kappa shape index (κ1) is 21.2. The summed E-state index contributed by atoms with van der Waals surface area (Å²) in [5.74, 6) is 0.355. The number of carbonyl (C=O) groups is 1. The third-order valence-electron chi connectivity index (χ3n) is 4.58. The Morgan fingerprint density at radius 1 is 1.11 bits per heavy atom. The van der Waals surface area contributed by atoms with Crippen molar-refractivity contribution in [2.45, 2.75) is 20.0 Å². The predicted octanol–water partition coefficient (Wildman–Crippen LogP) is 1.55. The Labute approximate surface area is 157 Å². The summed E-state index contributed by atoms with van der Waals surface area (Å²) in [4.78, 5) is 27.2. The van der Waals surface area contributed by atoms with Crippen LogP contribution in [0.2, 0.25) is 0 Å². The second kappa shape index (κ2) is 8.73. The minimum atomic E-state index is -4.53. The van der Waals surface area contributed by atoms with Gasteiger partial charge in [0.1, 0.15) is 5.82 Å². The third-order valence-corrected chi connectivity index (χ3v) is 4.58. The van der Waals surface area contributed by atoms with Crippen LogP contribution >= 0.6 is 0 Å². The minimum absolute atomic E-state index is 0.0682. The van der Waals surface area contributed by atoms with E-state index in [-0.39, 0.29) is 17.7 Å². The number of amides is 1. The van der Waals surface area contributed by atoms with E-state index < -0.39 is 11.9 Å². The van der Waals surface area contributed by atoms with Crippen molar-refractivity contribution in [3.8, 4) is 0 Å². The van der Waals surface area contributed by atoms with Crippen molar-refractivity contribution in [3.63, 3.8) is 0 Å². The summed E-state index contributed by atoms with van der Waals surface area (Å²) < 4.78 is 39.4. The van der Waals surface area contributed by atoms with Gasteiger partial charge in [-0.15, -0.1) is 0 Å². The number of carbonyl (C=O) groups excluding carboxylic acids is 1. The zero-order valence-corrected chi connectivity index (χ0v) is 16.3. The highest BCUT2D eigenvalue weighted by atomic mass is 19.4. The van der Waals surface area contributed by atoms with Crippen molar-refractivity contribution in [1.82, 2.24) is 19.8 Å². The summed E-state index contributed by atoms with van der Waals surface area (Å²) in [5.41, 5.74) is -0.949. The highest BCUT2D eigenvalue weighted by molar-refractivity contribution is 5.78. The molecule has 0 spiro atoms. The lowest BCUT2D eigenvalue weighted by Crippen LogP contribution is -2.50. The lowest BCUT2D eigenvalue weighted by molar-refractivity contribution is -0.141. The van der Waals surface area contributed by atoms with Crippen LogP contribution in [0.3, 0.4) is 0 Å². The number of alkyl halides is 3. The molecule has 0 atom stereocenters. The molecule has 0 aliphatic carbocycles. The Morgan fingerprint density at radius 2 is 1.70 bits per heavy atom. The number of piperazine rings is 1. The maximum atomic E-state index is 13.1. The molecule has 1 aromatic heterocycles. The summed E-state index contributed by atoms with van der Waals surface area (Å²) in [6.45, 7) is 7.62. The second-order valence-corrected chi connectivity index (χ2v) is 6.63. The fourth-order valence-corrected chi connectivity index (χ4v) is 2.91. The summed E-state index contributed by atoms with van der Waals surface area (Å²) >= 11 is 0. The van der Waals surface area contributed by atoms with Crippen LogP contribution in [0.4, 0.5) is 24.9 Å². The first-order valence-electron chi connectivity index (χ1n) is 9.04. The van der Waals surface area contributed by atoms with Crippen molar-refractivity contribution in [2.24, 2.45) is 0 Å². The van der Waals surface area contributed by atoms with E-state index >= 15 is 0 Å². The average molecular weight is 388 g/mol. The second-order valence-electron chi connectivity index (χ2n) is 6.63. The largest absolute Gasteiger partial charge is 0.433 e. The predicted molar refractivity (Wildman–Crippen MR) is 97.9 cm³/mol. The van der Waals surface area contributed by atoms with E-state index in [1.807, 2.05) is 18.7 Å². The van der Waals surface area contributed by atoms with Crippen LogP contribution in [0.5, 0.6) is 0 Å². The Morgan fingerprint density at radius 3 is 2.19 bits per heavy atom. The van der Waals surface area contributed by atoms with Crippen LogP contribution in [-0.2, 0) is 11.0 Å². The van der Waals surface area contributed by atoms with Gasteiger partial charge in [-0.2, -0.15) is 18.2 Å². The summed E-state index contributed by atoms with van der Waals surface area (Å²) in [7, 11) is 3.28. The van der Waals surface area contributed by atoms with E-state index in [2.05, 4.69) is 9.97 Å². The summed E-state index contributed by atoms with van der Waals surface area (Å²) in [6, 6.07) is 0.947. The van der Waals surface area contributed by atoms with Gasteiger partial charge in [0.05, 0.1) is 6.54 Å². The molecule has 2 rings (SSSR count). The minimum Gasteiger partial charge on any atom is -0.363 e. The molecule has 1 fully saturated rings. The average Bonchev–Trinajstić information content (AvgIpc) is 2.62. The van der Waals surface area contributed by atoms with Gasteiger partial charge < -0.3 is 14.7 Å². The fraction of sp³-hybridized carbons (Fsp3) is 0.706. The van der Waals surface area contributed by atoms with E-state index in [1.54, 1.807) is 23.9 Å². The molecule has 152 valence electrons. The van der Waals surface area contributed by atoms with Gasteiger partial charge in [-0.3, -0.25) is 9.69 Å². The van der Waals surface area contributed by atoms with Gasteiger partial charge >= 0.3 is 6.18 Å². The standard InChI is InChI=1S/C17H27F3N6O/c1-5-25(6-2)15(27)12-24-7-9-26(10-8-24)16-21-13(17(18,19)20)11-14(22-16)23(3)4/h11H,5-10,12H2,1-4H3. The monoisotopic (exact) mass is 388 g/mol. The van der Waals surface area contributed by atoms with Crippen LogP contribution in [0.25, 0.3) is 0 Å². The van der Waals surface area contributed by atoms with E-state index in [9.17, 15) is 18.0 Å². The molecule has 0 N–H and O–H groups in total. The highest BCUT2D eigenvalue weighted by Crippen LogP contribution is 2.31. The van der Waals surface area contributed by atoms with Gasteiger partial charge in [-0.25, -0.2) is 4.98 Å². The lowest BCUT2D eigenvalue weighted by Gasteiger charge is -2.35. The molecule has 0 aromatic carbocycles. The van der Waals surface area contributed by atoms with Gasteiger partial charge in [0.15, 0.2) is 5.69 Å². The number of hydrogen-bond acceptors (Lipinski definition) is 6. The van der Waals surface area contributed by atoms with Gasteiger partial charge in [0.2, 0.25) is 11.9 Å². The van der Waals surface area contributed by atoms with Gasteiger partial charge in [0.25, 0.3) is 0 Å². The molecule has 1 aromatic rings. The van der Waals surface area contributed by atoms with Crippen molar-refractivity contribution in [2.75, 3.05) is 69.7 Å². The van der Waals surface area contributed by atoms with Gasteiger partial charge in [0, 0.05) is 59.4 Å². The first-order chi connectivity index (χ1) is 12.7. The van der Waals surface area contributed by atoms with Crippen molar-refractivity contribution in [1.29, 1.82) is 0 Å². The molecule has 10 heteroatoms. The van der Waals surface area contributed by atoms with Gasteiger partial charge in [-0.1, -0.05) is 0 Å². The van der Waals surface area contributed by atoms with Crippen molar-refractivity contribution in [3.05, 3.63) is 11.8 Å². The van der Waals surface area contributed by atoms with E-state index in [0.29, 0.717) is 45.8 Å². The number of rotatable bonds is 6. The third kappa shape index (κ3) is 5.44. The number of anilines is 2. The molecule has 1 aliphatic rings. The van der Waals surface area contributed by atoms with Crippen molar-refractivity contribution >= 4 is 17.7 Å². The zero-order valence-electron chi connectivity index (χ0n) is 16.3. The fourth-order valence-electron chi connectivity index (χ4n) is 2.91. The zero-order chi connectivity index (χ0) is 20.2. The Balaban J connectivity index is 2.07. The molecule has 0 radical (unpaired) electrons. The summed E-state index contributed by atoms with van der Waals surface area (Å²) in [5, 5.41) is 0. The van der Waals surface area contributed by atoms with Crippen LogP contribution < -0.4 is 9.80 Å². The summed E-state index contributed by atoms with van der Waals surface area (Å²) in [6.07, 6.45) is -4.53. The number of aromatic nitrogens is 2. The Bertz CT molecular complexity index is 640. The smallest absolute Gasteiger partial charge is 0.363 e. The lowest BCUT2D eigenvalue weighted by atomic mass is 10.3. The number of likely N-dealkylation sites (N-methyl/N-ethyl adjacent to an activating group) is 1. The van der Waals surface area contributed by atoms with Crippen LogP contribution in [-0.4, -0.2) is 85.6 Å². The number of hydrogen-bond donors (Lipinski definition) is 0. The molecule has 27 heavy (non-hydrogen) atoms. The molecule has 7 nitrogen and oxygen atoms in total. The molecule has 2 heterocycles.